The Bertz CT molecular complexity index is 425. The predicted octanol–water partition coefficient (Wildman–Crippen LogP) is 2.93. The Morgan fingerprint density at radius 3 is 2.86 bits per heavy atom. The number of aliphatic imine (C=N–C) groups is 1. The first-order valence-electron chi connectivity index (χ1n) is 7.85. The van der Waals surface area contributed by atoms with E-state index in [2.05, 4.69) is 46.6 Å². The summed E-state index contributed by atoms with van der Waals surface area (Å²) in [6, 6.07) is 4.32. The number of hydrogen-bond donors (Lipinski definition) is 1. The molecule has 1 saturated heterocycles. The summed E-state index contributed by atoms with van der Waals surface area (Å²) in [6.45, 7) is 8.12. The quantitative estimate of drug-likeness (QED) is 0.671. The lowest BCUT2D eigenvalue weighted by Crippen LogP contribution is -2.47. The Hall–Kier alpha value is -1.07. The molecule has 0 amide bonds. The van der Waals surface area contributed by atoms with E-state index >= 15 is 0 Å². The van der Waals surface area contributed by atoms with Crippen LogP contribution in [0.1, 0.15) is 37.5 Å². The van der Waals surface area contributed by atoms with Crippen molar-refractivity contribution in [3.05, 3.63) is 22.4 Å². The van der Waals surface area contributed by atoms with E-state index in [0.717, 1.165) is 45.0 Å². The topological polar surface area (TPSA) is 36.9 Å². The van der Waals surface area contributed by atoms with Gasteiger partial charge < -0.3 is 15.0 Å². The molecule has 1 fully saturated rings. The fraction of sp³-hybridized carbons (Fsp3) is 0.688. The highest BCUT2D eigenvalue weighted by atomic mass is 32.1. The minimum absolute atomic E-state index is 0.425. The number of hydrogen-bond acceptors (Lipinski definition) is 3. The molecule has 1 atom stereocenters. The van der Waals surface area contributed by atoms with Gasteiger partial charge in [0, 0.05) is 44.1 Å². The third-order valence-electron chi connectivity index (χ3n) is 3.95. The Morgan fingerprint density at radius 2 is 2.29 bits per heavy atom. The summed E-state index contributed by atoms with van der Waals surface area (Å²) < 4.78 is 5.71. The number of nitrogens with zero attached hydrogens (tertiary/aromatic N) is 2. The molecule has 1 aromatic rings. The van der Waals surface area contributed by atoms with Crippen LogP contribution in [0.3, 0.4) is 0 Å². The van der Waals surface area contributed by atoms with Crippen molar-refractivity contribution in [1.29, 1.82) is 0 Å². The molecule has 1 aromatic heterocycles. The largest absolute Gasteiger partial charge is 0.378 e. The Labute approximate surface area is 132 Å². The summed E-state index contributed by atoms with van der Waals surface area (Å²) in [5, 5.41) is 5.65. The molecule has 1 unspecified atom stereocenters. The summed E-state index contributed by atoms with van der Waals surface area (Å²) >= 11 is 1.82. The van der Waals surface area contributed by atoms with Crippen LogP contribution in [-0.4, -0.2) is 50.3 Å². The average Bonchev–Trinajstić information content (AvgIpc) is 3.04. The minimum Gasteiger partial charge on any atom is -0.378 e. The minimum atomic E-state index is 0.425. The number of ether oxygens (including phenoxy) is 1. The van der Waals surface area contributed by atoms with Crippen LogP contribution < -0.4 is 5.32 Å². The van der Waals surface area contributed by atoms with Crippen molar-refractivity contribution < 1.29 is 4.74 Å². The van der Waals surface area contributed by atoms with Gasteiger partial charge in [-0.15, -0.1) is 11.3 Å². The zero-order valence-corrected chi connectivity index (χ0v) is 14.2. The van der Waals surface area contributed by atoms with Crippen LogP contribution >= 0.6 is 11.3 Å². The molecule has 0 spiro atoms. The zero-order chi connectivity index (χ0) is 15.1. The second-order valence-corrected chi connectivity index (χ2v) is 6.47. The van der Waals surface area contributed by atoms with E-state index in [4.69, 9.17) is 4.74 Å². The normalized spacial score (nSPS) is 18.8. The molecular formula is C16H27N3OS. The highest BCUT2D eigenvalue weighted by molar-refractivity contribution is 7.10. The van der Waals surface area contributed by atoms with Gasteiger partial charge in [-0.3, -0.25) is 4.99 Å². The van der Waals surface area contributed by atoms with Gasteiger partial charge in [0.25, 0.3) is 0 Å². The van der Waals surface area contributed by atoms with Crippen molar-refractivity contribution in [1.82, 2.24) is 10.2 Å². The van der Waals surface area contributed by atoms with Crippen molar-refractivity contribution in [2.24, 2.45) is 4.99 Å². The molecule has 0 radical (unpaired) electrons. The molecule has 21 heavy (non-hydrogen) atoms. The first-order valence-corrected chi connectivity index (χ1v) is 8.73. The SMILES string of the molecule is CCOC1CCN(C(=NC)NCC(C)c2cccs2)CC1. The van der Waals surface area contributed by atoms with Gasteiger partial charge in [0.15, 0.2) is 5.96 Å². The van der Waals surface area contributed by atoms with Gasteiger partial charge in [0.1, 0.15) is 0 Å². The molecule has 4 nitrogen and oxygen atoms in total. The Balaban J connectivity index is 1.79. The molecule has 1 aliphatic rings. The van der Waals surface area contributed by atoms with E-state index in [0.29, 0.717) is 12.0 Å². The van der Waals surface area contributed by atoms with E-state index in [9.17, 15) is 0 Å². The molecule has 2 rings (SSSR count). The lowest BCUT2D eigenvalue weighted by atomic mass is 10.1. The third-order valence-corrected chi connectivity index (χ3v) is 5.05. The van der Waals surface area contributed by atoms with Crippen LogP contribution in [0.5, 0.6) is 0 Å². The van der Waals surface area contributed by atoms with E-state index in [1.807, 2.05) is 18.4 Å². The smallest absolute Gasteiger partial charge is 0.193 e. The Kier molecular flexibility index (Phi) is 6.51. The molecule has 0 aliphatic carbocycles. The molecular weight excluding hydrogens is 282 g/mol. The molecule has 0 bridgehead atoms. The number of likely N-dealkylation sites (tertiary alicyclic amines) is 1. The van der Waals surface area contributed by atoms with Crippen LogP contribution in [0.15, 0.2) is 22.5 Å². The van der Waals surface area contributed by atoms with Crippen molar-refractivity contribution >= 4 is 17.3 Å². The zero-order valence-electron chi connectivity index (χ0n) is 13.3. The molecule has 1 N–H and O–H groups in total. The maximum Gasteiger partial charge on any atom is 0.193 e. The van der Waals surface area contributed by atoms with E-state index < -0.39 is 0 Å². The predicted molar refractivity (Wildman–Crippen MR) is 90.3 cm³/mol. The van der Waals surface area contributed by atoms with Gasteiger partial charge in [-0.2, -0.15) is 0 Å². The molecule has 1 aliphatic heterocycles. The summed E-state index contributed by atoms with van der Waals surface area (Å²) in [5.41, 5.74) is 0. The van der Waals surface area contributed by atoms with Crippen molar-refractivity contribution in [2.75, 3.05) is 33.3 Å². The highest BCUT2D eigenvalue weighted by Crippen LogP contribution is 2.20. The number of guanidine groups is 1. The number of nitrogens with one attached hydrogen (secondary N) is 1. The fourth-order valence-corrected chi connectivity index (χ4v) is 3.51. The number of piperidine rings is 1. The first-order chi connectivity index (χ1) is 10.2. The van der Waals surface area contributed by atoms with Crippen LogP contribution in [0.4, 0.5) is 0 Å². The first kappa shape index (κ1) is 16.3. The van der Waals surface area contributed by atoms with Crippen LogP contribution in [0, 0.1) is 0 Å². The average molecular weight is 309 g/mol. The van der Waals surface area contributed by atoms with E-state index in [-0.39, 0.29) is 0 Å². The molecule has 2 heterocycles. The van der Waals surface area contributed by atoms with Gasteiger partial charge in [-0.05, 0) is 31.2 Å². The second kappa shape index (κ2) is 8.39. The van der Waals surface area contributed by atoms with E-state index in [1.165, 1.54) is 4.88 Å². The van der Waals surface area contributed by atoms with Crippen molar-refractivity contribution in [2.45, 2.75) is 38.7 Å². The van der Waals surface area contributed by atoms with Gasteiger partial charge in [-0.25, -0.2) is 0 Å². The standard InChI is InChI=1S/C16H27N3OS/c1-4-20-14-7-9-19(10-8-14)16(17-3)18-12-13(2)15-6-5-11-21-15/h5-6,11,13-14H,4,7-10,12H2,1-3H3,(H,17,18). The summed E-state index contributed by atoms with van der Waals surface area (Å²) in [6.07, 6.45) is 2.61. The second-order valence-electron chi connectivity index (χ2n) is 5.49. The maximum absolute atomic E-state index is 5.71. The lowest BCUT2D eigenvalue weighted by Gasteiger charge is -2.34. The summed E-state index contributed by atoms with van der Waals surface area (Å²) in [4.78, 5) is 8.20. The molecule has 0 saturated carbocycles. The monoisotopic (exact) mass is 309 g/mol. The summed E-state index contributed by atoms with van der Waals surface area (Å²) in [7, 11) is 1.87. The third kappa shape index (κ3) is 4.71. The van der Waals surface area contributed by atoms with Crippen molar-refractivity contribution in [3.8, 4) is 0 Å². The molecule has 5 heteroatoms. The van der Waals surface area contributed by atoms with Crippen LogP contribution in [0.25, 0.3) is 0 Å². The number of rotatable bonds is 5. The lowest BCUT2D eigenvalue weighted by molar-refractivity contribution is 0.0264. The van der Waals surface area contributed by atoms with E-state index in [1.54, 1.807) is 0 Å². The Morgan fingerprint density at radius 1 is 1.52 bits per heavy atom. The molecule has 118 valence electrons. The highest BCUT2D eigenvalue weighted by Gasteiger charge is 2.21. The number of thiophene rings is 1. The summed E-state index contributed by atoms with van der Waals surface area (Å²) in [5.74, 6) is 1.54. The van der Waals surface area contributed by atoms with Crippen molar-refractivity contribution in [3.63, 3.8) is 0 Å². The van der Waals surface area contributed by atoms with Gasteiger partial charge >= 0.3 is 0 Å². The molecule has 0 aromatic carbocycles. The van der Waals surface area contributed by atoms with Crippen LogP contribution in [0.2, 0.25) is 0 Å². The maximum atomic E-state index is 5.71. The van der Waals surface area contributed by atoms with Gasteiger partial charge in [0.2, 0.25) is 0 Å². The van der Waals surface area contributed by atoms with Crippen LogP contribution in [-0.2, 0) is 4.74 Å². The van der Waals surface area contributed by atoms with Gasteiger partial charge in [-0.1, -0.05) is 13.0 Å². The van der Waals surface area contributed by atoms with Gasteiger partial charge in [0.05, 0.1) is 6.10 Å². The fourth-order valence-electron chi connectivity index (χ4n) is 2.72.